The summed E-state index contributed by atoms with van der Waals surface area (Å²) in [4.78, 5) is 34.0. The van der Waals surface area contributed by atoms with Crippen LogP contribution in [0.2, 0.25) is 0 Å². The monoisotopic (exact) mass is 446 g/mol. The molecule has 7 nitrogen and oxygen atoms in total. The van der Waals surface area contributed by atoms with Crippen molar-refractivity contribution < 1.29 is 9.53 Å². The van der Waals surface area contributed by atoms with E-state index in [4.69, 9.17) is 4.74 Å². The van der Waals surface area contributed by atoms with Gasteiger partial charge in [0.2, 0.25) is 5.91 Å². The standard InChI is InChI=1S/C21H26N4O3S2/c1-13-14(2)30-19-18(13)20(27)25(10-11-28-5)21(23-19)29-12-17(26)22-15-6-8-16(9-7-15)24(3)4/h6-9H,10-12H2,1-5H3,(H,22,26). The molecule has 0 bridgehead atoms. The summed E-state index contributed by atoms with van der Waals surface area (Å²) < 4.78 is 6.76. The lowest BCUT2D eigenvalue weighted by Crippen LogP contribution is -2.26. The van der Waals surface area contributed by atoms with Crippen LogP contribution in [0.25, 0.3) is 10.2 Å². The van der Waals surface area contributed by atoms with Crippen LogP contribution in [0.3, 0.4) is 0 Å². The van der Waals surface area contributed by atoms with Gasteiger partial charge in [0.15, 0.2) is 5.16 Å². The largest absolute Gasteiger partial charge is 0.383 e. The number of nitrogens with one attached hydrogen (secondary N) is 1. The van der Waals surface area contributed by atoms with E-state index in [0.717, 1.165) is 21.8 Å². The highest BCUT2D eigenvalue weighted by Gasteiger charge is 2.17. The van der Waals surface area contributed by atoms with E-state index in [1.807, 2.05) is 57.1 Å². The SMILES string of the molecule is COCCn1c(SCC(=O)Nc2ccc(N(C)C)cc2)nc2sc(C)c(C)c2c1=O. The molecule has 0 saturated carbocycles. The average molecular weight is 447 g/mol. The van der Waals surface area contributed by atoms with Gasteiger partial charge >= 0.3 is 0 Å². The van der Waals surface area contributed by atoms with E-state index in [2.05, 4.69) is 10.3 Å². The summed E-state index contributed by atoms with van der Waals surface area (Å²) in [5.41, 5.74) is 2.68. The number of methoxy groups -OCH3 is 1. The Kier molecular flexibility index (Phi) is 7.17. The van der Waals surface area contributed by atoms with E-state index in [-0.39, 0.29) is 17.2 Å². The van der Waals surface area contributed by atoms with Crippen LogP contribution >= 0.6 is 23.1 Å². The number of benzene rings is 1. The summed E-state index contributed by atoms with van der Waals surface area (Å²) >= 11 is 2.77. The van der Waals surface area contributed by atoms with E-state index >= 15 is 0 Å². The minimum atomic E-state index is -0.149. The zero-order valence-corrected chi connectivity index (χ0v) is 19.4. The predicted molar refractivity (Wildman–Crippen MR) is 125 cm³/mol. The van der Waals surface area contributed by atoms with E-state index in [1.165, 1.54) is 23.1 Å². The summed E-state index contributed by atoms with van der Waals surface area (Å²) in [6.07, 6.45) is 0. The van der Waals surface area contributed by atoms with Crippen LogP contribution in [0.15, 0.2) is 34.2 Å². The summed E-state index contributed by atoms with van der Waals surface area (Å²) in [7, 11) is 5.53. The molecule has 0 aliphatic rings. The van der Waals surface area contributed by atoms with Crippen LogP contribution in [0, 0.1) is 13.8 Å². The molecule has 0 radical (unpaired) electrons. The van der Waals surface area contributed by atoms with Crippen molar-refractivity contribution in [2.45, 2.75) is 25.5 Å². The second-order valence-corrected chi connectivity index (χ2v) is 9.23. The number of hydrogen-bond acceptors (Lipinski definition) is 7. The van der Waals surface area contributed by atoms with Crippen molar-refractivity contribution in [3.63, 3.8) is 0 Å². The molecule has 1 N–H and O–H groups in total. The van der Waals surface area contributed by atoms with Crippen LogP contribution in [-0.4, -0.2) is 49.0 Å². The number of anilines is 2. The number of rotatable bonds is 8. The molecule has 0 fully saturated rings. The molecule has 160 valence electrons. The van der Waals surface area contributed by atoms with E-state index in [0.29, 0.717) is 28.5 Å². The number of aryl methyl sites for hydroxylation is 2. The van der Waals surface area contributed by atoms with Crippen LogP contribution in [0.1, 0.15) is 10.4 Å². The number of thioether (sulfide) groups is 1. The molecule has 0 unspecified atom stereocenters. The van der Waals surface area contributed by atoms with Gasteiger partial charge in [0.1, 0.15) is 4.83 Å². The van der Waals surface area contributed by atoms with Gasteiger partial charge in [-0.1, -0.05) is 11.8 Å². The Hall–Kier alpha value is -2.36. The fourth-order valence-electron chi connectivity index (χ4n) is 2.97. The van der Waals surface area contributed by atoms with Crippen molar-refractivity contribution in [1.29, 1.82) is 0 Å². The minimum absolute atomic E-state index is 0.0823. The van der Waals surface area contributed by atoms with Gasteiger partial charge in [0.25, 0.3) is 5.56 Å². The van der Waals surface area contributed by atoms with Gasteiger partial charge in [-0.25, -0.2) is 4.98 Å². The highest BCUT2D eigenvalue weighted by atomic mass is 32.2. The first-order chi connectivity index (χ1) is 14.3. The topological polar surface area (TPSA) is 76.5 Å². The van der Waals surface area contributed by atoms with Crippen LogP contribution in [0.5, 0.6) is 0 Å². The third-order valence-electron chi connectivity index (χ3n) is 4.77. The highest BCUT2D eigenvalue weighted by molar-refractivity contribution is 7.99. The Morgan fingerprint density at radius 3 is 2.60 bits per heavy atom. The Morgan fingerprint density at radius 2 is 1.97 bits per heavy atom. The quantitative estimate of drug-likeness (QED) is 0.421. The Balaban J connectivity index is 1.78. The van der Waals surface area contributed by atoms with E-state index < -0.39 is 0 Å². The molecule has 0 spiro atoms. The first kappa shape index (κ1) is 22.3. The first-order valence-electron chi connectivity index (χ1n) is 9.51. The molecular formula is C21H26N4O3S2. The van der Waals surface area contributed by atoms with E-state index in [1.54, 1.807) is 11.7 Å². The Morgan fingerprint density at radius 1 is 1.27 bits per heavy atom. The van der Waals surface area contributed by atoms with E-state index in [9.17, 15) is 9.59 Å². The third-order valence-corrected chi connectivity index (χ3v) is 6.85. The number of carbonyl (C=O) groups excluding carboxylic acids is 1. The number of hydrogen-bond donors (Lipinski definition) is 1. The second-order valence-electron chi connectivity index (χ2n) is 7.09. The third kappa shape index (κ3) is 4.85. The molecule has 30 heavy (non-hydrogen) atoms. The Bertz CT molecular complexity index is 1100. The number of fused-ring (bicyclic) bond motifs is 1. The molecule has 0 saturated heterocycles. The van der Waals surface area contributed by atoms with Gasteiger partial charge in [0, 0.05) is 37.5 Å². The zero-order chi connectivity index (χ0) is 21.8. The normalized spacial score (nSPS) is 11.1. The van der Waals surface area contributed by atoms with Crippen LogP contribution in [-0.2, 0) is 16.1 Å². The molecule has 9 heteroatoms. The lowest BCUT2D eigenvalue weighted by Gasteiger charge is -2.13. The Labute approximate surface area is 184 Å². The van der Waals surface area contributed by atoms with Crippen molar-refractivity contribution in [2.75, 3.05) is 43.8 Å². The molecule has 3 aromatic rings. The maximum atomic E-state index is 13.1. The van der Waals surface area contributed by atoms with Gasteiger partial charge in [0.05, 0.1) is 24.3 Å². The highest BCUT2D eigenvalue weighted by Crippen LogP contribution is 2.28. The van der Waals surface area contributed by atoms with Crippen LogP contribution in [0.4, 0.5) is 11.4 Å². The fraction of sp³-hybridized carbons (Fsp3) is 0.381. The van der Waals surface area contributed by atoms with Crippen LogP contribution < -0.4 is 15.8 Å². The molecule has 3 rings (SSSR count). The first-order valence-corrected chi connectivity index (χ1v) is 11.3. The van der Waals surface area contributed by atoms with Crippen molar-refractivity contribution in [3.8, 4) is 0 Å². The van der Waals surface area contributed by atoms with Gasteiger partial charge in [-0.2, -0.15) is 0 Å². The molecule has 1 amide bonds. The summed E-state index contributed by atoms with van der Waals surface area (Å²) in [5.74, 6) is 0.00717. The number of aromatic nitrogens is 2. The maximum absolute atomic E-state index is 13.1. The summed E-state index contributed by atoms with van der Waals surface area (Å²) in [6, 6.07) is 7.63. The molecule has 0 atom stereocenters. The van der Waals surface area contributed by atoms with Gasteiger partial charge in [-0.15, -0.1) is 11.3 Å². The average Bonchev–Trinajstić information content (AvgIpc) is 3.00. The number of nitrogens with zero attached hydrogens (tertiary/aromatic N) is 3. The molecule has 2 aromatic heterocycles. The van der Waals surface area contributed by atoms with Gasteiger partial charge < -0.3 is 15.0 Å². The predicted octanol–water partition coefficient (Wildman–Crippen LogP) is 3.52. The fourth-order valence-corrected chi connectivity index (χ4v) is 4.86. The van der Waals surface area contributed by atoms with Crippen molar-refractivity contribution in [3.05, 3.63) is 45.1 Å². The molecule has 2 heterocycles. The number of amides is 1. The maximum Gasteiger partial charge on any atom is 0.263 e. The lowest BCUT2D eigenvalue weighted by atomic mass is 10.2. The van der Waals surface area contributed by atoms with Crippen molar-refractivity contribution in [1.82, 2.24) is 9.55 Å². The number of thiophene rings is 1. The summed E-state index contributed by atoms with van der Waals surface area (Å²) in [5, 5.41) is 4.08. The van der Waals surface area contributed by atoms with Crippen molar-refractivity contribution in [2.24, 2.45) is 0 Å². The number of ether oxygens (including phenoxy) is 1. The molecule has 1 aromatic carbocycles. The molecule has 0 aliphatic carbocycles. The molecular weight excluding hydrogens is 420 g/mol. The second kappa shape index (κ2) is 9.63. The van der Waals surface area contributed by atoms with Crippen molar-refractivity contribution >= 4 is 50.6 Å². The zero-order valence-electron chi connectivity index (χ0n) is 17.8. The smallest absolute Gasteiger partial charge is 0.263 e. The van der Waals surface area contributed by atoms with Gasteiger partial charge in [-0.05, 0) is 43.7 Å². The molecule has 0 aliphatic heterocycles. The lowest BCUT2D eigenvalue weighted by molar-refractivity contribution is -0.113. The number of carbonyl (C=O) groups is 1. The summed E-state index contributed by atoms with van der Waals surface area (Å²) in [6.45, 7) is 4.72. The van der Waals surface area contributed by atoms with Gasteiger partial charge in [-0.3, -0.25) is 14.2 Å². The minimum Gasteiger partial charge on any atom is -0.383 e.